The number of hydrogen-bond donors (Lipinski definition) is 3. The number of nitrogens with one attached hydrogen (secondary N) is 3. The number of benzene rings is 1. The van der Waals surface area contributed by atoms with Gasteiger partial charge >= 0.3 is 0 Å². The summed E-state index contributed by atoms with van der Waals surface area (Å²) in [5.41, 5.74) is 4.51. The zero-order valence-corrected chi connectivity index (χ0v) is 21.1. The number of nitrogens with zero attached hydrogens (tertiary/aromatic N) is 3. The SMILES string of the molecule is Cc1cc(-c2cnn3c(NCC4CCOCC4)cc(NC4CCCC4)nc23)ccc1C(=O)NC1CC1. The fourth-order valence-corrected chi connectivity index (χ4v) is 5.42. The maximum Gasteiger partial charge on any atom is 0.251 e. The number of carbonyl (C=O) groups excluding carboxylic acids is 1. The Hall–Kier alpha value is -3.13. The first kappa shape index (κ1) is 23.3. The Bertz CT molecular complexity index is 1240. The van der Waals surface area contributed by atoms with Crippen LogP contribution in [-0.4, -0.2) is 52.3 Å². The van der Waals surface area contributed by atoms with E-state index in [0.717, 1.165) is 85.0 Å². The van der Waals surface area contributed by atoms with Gasteiger partial charge in [-0.2, -0.15) is 9.61 Å². The van der Waals surface area contributed by atoms with E-state index in [1.807, 2.05) is 29.8 Å². The first-order valence-electron chi connectivity index (χ1n) is 13.5. The summed E-state index contributed by atoms with van der Waals surface area (Å²) in [7, 11) is 0. The number of anilines is 2. The first-order chi connectivity index (χ1) is 17.6. The molecule has 3 aliphatic rings. The smallest absolute Gasteiger partial charge is 0.251 e. The Morgan fingerprint density at radius 3 is 2.61 bits per heavy atom. The summed E-state index contributed by atoms with van der Waals surface area (Å²) >= 11 is 0. The number of hydrogen-bond acceptors (Lipinski definition) is 6. The van der Waals surface area contributed by atoms with Crippen LogP contribution in [0.1, 0.15) is 67.3 Å². The molecular weight excluding hydrogens is 452 g/mol. The lowest BCUT2D eigenvalue weighted by Crippen LogP contribution is -2.26. The molecule has 1 amide bonds. The monoisotopic (exact) mass is 488 g/mol. The molecule has 2 aromatic heterocycles. The zero-order chi connectivity index (χ0) is 24.5. The van der Waals surface area contributed by atoms with E-state index in [2.05, 4.69) is 28.1 Å². The predicted molar refractivity (Wildman–Crippen MR) is 142 cm³/mol. The average molecular weight is 489 g/mol. The largest absolute Gasteiger partial charge is 0.381 e. The van der Waals surface area contributed by atoms with E-state index < -0.39 is 0 Å². The molecule has 3 N–H and O–H groups in total. The highest BCUT2D eigenvalue weighted by Gasteiger charge is 2.25. The molecule has 0 atom stereocenters. The van der Waals surface area contributed by atoms with Crippen LogP contribution in [-0.2, 0) is 4.74 Å². The summed E-state index contributed by atoms with van der Waals surface area (Å²) in [5.74, 6) is 2.46. The minimum atomic E-state index is 0.0159. The van der Waals surface area contributed by atoms with Crippen LogP contribution in [0.4, 0.5) is 11.6 Å². The van der Waals surface area contributed by atoms with Crippen LogP contribution in [0.2, 0.25) is 0 Å². The van der Waals surface area contributed by atoms with Gasteiger partial charge in [0, 0.05) is 49.0 Å². The molecule has 0 spiro atoms. The van der Waals surface area contributed by atoms with Crippen molar-refractivity contribution in [1.82, 2.24) is 19.9 Å². The third-order valence-electron chi connectivity index (χ3n) is 7.79. The summed E-state index contributed by atoms with van der Waals surface area (Å²) < 4.78 is 7.45. The summed E-state index contributed by atoms with van der Waals surface area (Å²) in [5, 5.41) is 15.2. The maximum absolute atomic E-state index is 12.6. The van der Waals surface area contributed by atoms with Gasteiger partial charge in [0.2, 0.25) is 0 Å². The van der Waals surface area contributed by atoms with Crippen LogP contribution in [0.25, 0.3) is 16.8 Å². The van der Waals surface area contributed by atoms with Crippen LogP contribution < -0.4 is 16.0 Å². The van der Waals surface area contributed by atoms with Crippen molar-refractivity contribution in [2.45, 2.75) is 70.4 Å². The number of aromatic nitrogens is 3. The fraction of sp³-hybridized carbons (Fsp3) is 0.536. The van der Waals surface area contributed by atoms with Crippen LogP contribution >= 0.6 is 0 Å². The number of fused-ring (bicyclic) bond motifs is 1. The van der Waals surface area contributed by atoms with Crippen molar-refractivity contribution in [2.75, 3.05) is 30.4 Å². The molecule has 2 saturated carbocycles. The average Bonchev–Trinajstić information content (AvgIpc) is 3.36. The zero-order valence-electron chi connectivity index (χ0n) is 21.1. The quantitative estimate of drug-likeness (QED) is 0.422. The van der Waals surface area contributed by atoms with Crippen molar-refractivity contribution >= 4 is 23.2 Å². The van der Waals surface area contributed by atoms with Gasteiger partial charge in [-0.3, -0.25) is 4.79 Å². The number of carbonyl (C=O) groups is 1. The number of amides is 1. The van der Waals surface area contributed by atoms with E-state index in [-0.39, 0.29) is 5.91 Å². The van der Waals surface area contributed by atoms with Gasteiger partial charge in [-0.25, -0.2) is 4.98 Å². The molecule has 8 nitrogen and oxygen atoms in total. The number of ether oxygens (including phenoxy) is 1. The molecule has 3 fully saturated rings. The van der Waals surface area contributed by atoms with Gasteiger partial charge in [-0.05, 0) is 68.6 Å². The second-order valence-electron chi connectivity index (χ2n) is 10.7. The maximum atomic E-state index is 12.6. The molecule has 0 radical (unpaired) electrons. The number of rotatable bonds is 8. The summed E-state index contributed by atoms with van der Waals surface area (Å²) in [6.45, 7) is 4.57. The van der Waals surface area contributed by atoms with Gasteiger partial charge < -0.3 is 20.7 Å². The highest BCUT2D eigenvalue weighted by Crippen LogP contribution is 2.30. The Balaban J connectivity index is 1.31. The molecule has 190 valence electrons. The summed E-state index contributed by atoms with van der Waals surface area (Å²) in [6.07, 6.45) is 11.1. The van der Waals surface area contributed by atoms with Gasteiger partial charge in [0.15, 0.2) is 5.65 Å². The predicted octanol–water partition coefficient (Wildman–Crippen LogP) is 4.79. The molecule has 8 heteroatoms. The minimum absolute atomic E-state index is 0.0159. The van der Waals surface area contributed by atoms with Crippen molar-refractivity contribution in [1.29, 1.82) is 0 Å². The minimum Gasteiger partial charge on any atom is -0.381 e. The Kier molecular flexibility index (Phi) is 6.52. The highest BCUT2D eigenvalue weighted by atomic mass is 16.5. The van der Waals surface area contributed by atoms with Crippen molar-refractivity contribution in [3.63, 3.8) is 0 Å². The standard InChI is InChI=1S/C28H36N6O2/c1-18-14-20(6-9-23(18)28(35)32-22-7-8-22)24-17-30-34-26(29-16-19-10-12-36-13-11-19)15-25(33-27(24)34)31-21-4-2-3-5-21/h6,9,14-15,17,19,21-22,29H,2-5,7-8,10-13,16H2,1H3,(H,31,33)(H,32,35). The van der Waals surface area contributed by atoms with Crippen molar-refractivity contribution < 1.29 is 9.53 Å². The first-order valence-corrected chi connectivity index (χ1v) is 13.5. The van der Waals surface area contributed by atoms with E-state index in [4.69, 9.17) is 14.8 Å². The third kappa shape index (κ3) is 5.05. The molecule has 1 aliphatic heterocycles. The summed E-state index contributed by atoms with van der Waals surface area (Å²) in [6, 6.07) is 8.93. The molecule has 1 aromatic carbocycles. The van der Waals surface area contributed by atoms with Crippen LogP contribution in [0.15, 0.2) is 30.5 Å². The Morgan fingerprint density at radius 2 is 1.86 bits per heavy atom. The molecule has 3 heterocycles. The molecular formula is C28H36N6O2. The normalized spacial score (nSPS) is 19.0. The van der Waals surface area contributed by atoms with Crippen molar-refractivity contribution in [3.05, 3.63) is 41.6 Å². The molecule has 0 bridgehead atoms. The van der Waals surface area contributed by atoms with Crippen molar-refractivity contribution in [2.24, 2.45) is 5.92 Å². The summed E-state index contributed by atoms with van der Waals surface area (Å²) in [4.78, 5) is 17.6. The van der Waals surface area contributed by atoms with E-state index in [0.29, 0.717) is 18.0 Å². The van der Waals surface area contributed by atoms with Crippen LogP contribution in [0.5, 0.6) is 0 Å². The van der Waals surface area contributed by atoms with Gasteiger partial charge in [0.1, 0.15) is 11.6 Å². The van der Waals surface area contributed by atoms with Crippen LogP contribution in [0.3, 0.4) is 0 Å². The second kappa shape index (κ2) is 10.1. The lowest BCUT2D eigenvalue weighted by molar-refractivity contribution is 0.0699. The Morgan fingerprint density at radius 1 is 1.06 bits per heavy atom. The van der Waals surface area contributed by atoms with E-state index >= 15 is 0 Å². The molecule has 2 aliphatic carbocycles. The van der Waals surface area contributed by atoms with Gasteiger partial charge in [0.25, 0.3) is 5.91 Å². The van der Waals surface area contributed by atoms with Gasteiger partial charge in [-0.15, -0.1) is 0 Å². The molecule has 0 unspecified atom stereocenters. The third-order valence-corrected chi connectivity index (χ3v) is 7.79. The number of aryl methyl sites for hydroxylation is 1. The lowest BCUT2D eigenvalue weighted by Gasteiger charge is -2.23. The van der Waals surface area contributed by atoms with Crippen LogP contribution in [0, 0.1) is 12.8 Å². The van der Waals surface area contributed by atoms with Gasteiger partial charge in [-0.1, -0.05) is 25.0 Å². The molecule has 36 heavy (non-hydrogen) atoms. The van der Waals surface area contributed by atoms with E-state index in [9.17, 15) is 4.79 Å². The second-order valence-corrected chi connectivity index (χ2v) is 10.7. The van der Waals surface area contributed by atoms with E-state index in [1.165, 1.54) is 25.7 Å². The van der Waals surface area contributed by atoms with Gasteiger partial charge in [0.05, 0.1) is 6.20 Å². The Labute approximate surface area is 212 Å². The molecule has 3 aromatic rings. The lowest BCUT2D eigenvalue weighted by atomic mass is 10.0. The molecule has 6 rings (SSSR count). The van der Waals surface area contributed by atoms with Crippen molar-refractivity contribution in [3.8, 4) is 11.1 Å². The van der Waals surface area contributed by atoms with E-state index in [1.54, 1.807) is 0 Å². The topological polar surface area (TPSA) is 92.6 Å². The fourth-order valence-electron chi connectivity index (χ4n) is 5.42. The molecule has 1 saturated heterocycles. The highest BCUT2D eigenvalue weighted by molar-refractivity contribution is 5.97.